The van der Waals surface area contributed by atoms with E-state index < -0.39 is 0 Å². The van der Waals surface area contributed by atoms with Gasteiger partial charge in [-0.15, -0.1) is 10.2 Å². The van der Waals surface area contributed by atoms with Gasteiger partial charge in [-0.1, -0.05) is 11.8 Å². The topological polar surface area (TPSA) is 84.7 Å². The largest absolute Gasteiger partial charge is 0.493 e. The monoisotopic (exact) mass is 413 g/mol. The van der Waals surface area contributed by atoms with Crippen molar-refractivity contribution < 1.29 is 23.7 Å². The molecule has 0 bridgehead atoms. The highest BCUT2D eigenvalue weighted by Gasteiger charge is 2.18. The van der Waals surface area contributed by atoms with Gasteiger partial charge in [-0.25, -0.2) is 0 Å². The van der Waals surface area contributed by atoms with Gasteiger partial charge >= 0.3 is 0 Å². The molecule has 0 amide bonds. The Kier molecular flexibility index (Phi) is 5.30. The van der Waals surface area contributed by atoms with Crippen LogP contribution < -0.4 is 18.9 Å². The van der Waals surface area contributed by atoms with Crippen LogP contribution in [0.3, 0.4) is 0 Å². The number of thioether (sulfide) groups is 1. The van der Waals surface area contributed by atoms with Crippen LogP contribution in [0.1, 0.15) is 10.4 Å². The van der Waals surface area contributed by atoms with Gasteiger partial charge in [0.2, 0.25) is 6.79 Å². The van der Waals surface area contributed by atoms with Crippen LogP contribution in [0.15, 0.2) is 41.6 Å². The standard InChI is InChI=1S/C20H19N3O5S/c1-23-19(13-5-7-16-18(9-13)28-11-27-16)21-22-20(23)29-10-14(24)12-4-6-15(25-2)17(8-12)26-3/h4-9H,10-11H2,1-3H3. The number of hydrogen-bond donors (Lipinski definition) is 0. The van der Waals surface area contributed by atoms with Crippen molar-refractivity contribution in [3.63, 3.8) is 0 Å². The Hall–Kier alpha value is -3.20. The summed E-state index contributed by atoms with van der Waals surface area (Å²) >= 11 is 1.33. The maximum Gasteiger partial charge on any atom is 0.231 e. The molecular weight excluding hydrogens is 394 g/mol. The summed E-state index contributed by atoms with van der Waals surface area (Å²) in [6, 6.07) is 10.7. The molecule has 0 aliphatic carbocycles. The van der Waals surface area contributed by atoms with Crippen LogP contribution in [-0.4, -0.2) is 47.3 Å². The number of methoxy groups -OCH3 is 2. The normalized spacial score (nSPS) is 12.1. The van der Waals surface area contributed by atoms with Crippen LogP contribution in [0.2, 0.25) is 0 Å². The van der Waals surface area contributed by atoms with E-state index in [1.807, 2.05) is 29.8 Å². The number of carbonyl (C=O) groups excluding carboxylic acids is 1. The second kappa shape index (κ2) is 8.04. The van der Waals surface area contributed by atoms with Gasteiger partial charge in [-0.3, -0.25) is 4.79 Å². The predicted octanol–water partition coefficient (Wildman–Crippen LogP) is 3.20. The highest BCUT2D eigenvalue weighted by atomic mass is 32.2. The Morgan fingerprint density at radius 3 is 2.66 bits per heavy atom. The number of fused-ring (bicyclic) bond motifs is 1. The van der Waals surface area contributed by atoms with Crippen LogP contribution in [0.4, 0.5) is 0 Å². The summed E-state index contributed by atoms with van der Waals surface area (Å²) in [5.41, 5.74) is 1.41. The van der Waals surface area contributed by atoms with Crippen molar-refractivity contribution in [1.29, 1.82) is 0 Å². The van der Waals surface area contributed by atoms with Gasteiger partial charge in [-0.05, 0) is 36.4 Å². The second-order valence-electron chi connectivity index (χ2n) is 6.21. The lowest BCUT2D eigenvalue weighted by atomic mass is 10.1. The molecule has 2 aromatic carbocycles. The Balaban J connectivity index is 1.48. The summed E-state index contributed by atoms with van der Waals surface area (Å²) in [5.74, 6) is 3.37. The minimum atomic E-state index is -0.0383. The number of aromatic nitrogens is 3. The summed E-state index contributed by atoms with van der Waals surface area (Å²) in [7, 11) is 4.96. The molecule has 0 saturated heterocycles. The molecule has 0 fully saturated rings. The van der Waals surface area contributed by atoms with Crippen molar-refractivity contribution in [2.75, 3.05) is 26.8 Å². The van der Waals surface area contributed by atoms with Gasteiger partial charge in [-0.2, -0.15) is 0 Å². The molecule has 29 heavy (non-hydrogen) atoms. The van der Waals surface area contributed by atoms with E-state index in [9.17, 15) is 4.79 Å². The highest BCUT2D eigenvalue weighted by Crippen LogP contribution is 2.36. The summed E-state index contributed by atoms with van der Waals surface area (Å²) in [6.45, 7) is 0.219. The molecule has 8 nitrogen and oxygen atoms in total. The average molecular weight is 413 g/mol. The molecule has 3 aromatic rings. The van der Waals surface area contributed by atoms with E-state index in [0.29, 0.717) is 39.5 Å². The van der Waals surface area contributed by atoms with Gasteiger partial charge in [0.15, 0.2) is 39.8 Å². The SMILES string of the molecule is COc1ccc(C(=O)CSc2nnc(-c3ccc4c(c3)OCO4)n2C)cc1OC. The molecule has 4 rings (SSSR count). The Labute approximate surface area is 171 Å². The number of Topliss-reactive ketones (excluding diaryl/α,β-unsaturated/α-hetero) is 1. The summed E-state index contributed by atoms with van der Waals surface area (Å²) in [6.07, 6.45) is 0. The Bertz CT molecular complexity index is 1070. The lowest BCUT2D eigenvalue weighted by Gasteiger charge is -2.09. The first-order chi connectivity index (χ1) is 14.1. The molecule has 0 saturated carbocycles. The van der Waals surface area contributed by atoms with Crippen LogP contribution >= 0.6 is 11.8 Å². The number of rotatable bonds is 7. The zero-order chi connectivity index (χ0) is 20.4. The van der Waals surface area contributed by atoms with E-state index in [1.165, 1.54) is 18.9 Å². The van der Waals surface area contributed by atoms with Crippen molar-refractivity contribution in [2.45, 2.75) is 5.16 Å². The van der Waals surface area contributed by atoms with Crippen molar-refractivity contribution in [3.05, 3.63) is 42.0 Å². The fourth-order valence-corrected chi connectivity index (χ4v) is 3.76. The van der Waals surface area contributed by atoms with E-state index >= 15 is 0 Å². The number of ketones is 1. The lowest BCUT2D eigenvalue weighted by Crippen LogP contribution is -2.05. The molecule has 2 heterocycles. The number of benzene rings is 2. The van der Waals surface area contributed by atoms with E-state index in [0.717, 1.165) is 5.56 Å². The molecule has 1 aromatic heterocycles. The maximum atomic E-state index is 12.6. The average Bonchev–Trinajstić information content (AvgIpc) is 3.37. The van der Waals surface area contributed by atoms with Crippen molar-refractivity contribution in [3.8, 4) is 34.4 Å². The van der Waals surface area contributed by atoms with Crippen molar-refractivity contribution in [1.82, 2.24) is 14.8 Å². The van der Waals surface area contributed by atoms with E-state index in [-0.39, 0.29) is 18.3 Å². The number of ether oxygens (including phenoxy) is 4. The third kappa shape index (κ3) is 3.73. The summed E-state index contributed by atoms with van der Waals surface area (Å²) in [5, 5.41) is 9.12. The molecule has 0 atom stereocenters. The van der Waals surface area contributed by atoms with Crippen LogP contribution in [0.25, 0.3) is 11.4 Å². The van der Waals surface area contributed by atoms with Crippen molar-refractivity contribution in [2.24, 2.45) is 7.05 Å². The Morgan fingerprint density at radius 2 is 1.86 bits per heavy atom. The van der Waals surface area contributed by atoms with Gasteiger partial charge in [0.05, 0.1) is 20.0 Å². The number of carbonyl (C=O) groups is 1. The molecule has 150 valence electrons. The minimum absolute atomic E-state index is 0.0383. The first-order valence-electron chi connectivity index (χ1n) is 8.78. The summed E-state index contributed by atoms with van der Waals surface area (Å²) in [4.78, 5) is 12.6. The zero-order valence-electron chi connectivity index (χ0n) is 16.2. The van der Waals surface area contributed by atoms with Gasteiger partial charge < -0.3 is 23.5 Å². The first kappa shape index (κ1) is 19.1. The third-order valence-electron chi connectivity index (χ3n) is 4.50. The molecule has 0 spiro atoms. The number of hydrogen-bond acceptors (Lipinski definition) is 8. The van der Waals surface area contributed by atoms with Crippen molar-refractivity contribution >= 4 is 17.5 Å². The van der Waals surface area contributed by atoms with E-state index in [4.69, 9.17) is 18.9 Å². The van der Waals surface area contributed by atoms with Gasteiger partial charge in [0, 0.05) is 18.2 Å². The zero-order valence-corrected chi connectivity index (χ0v) is 17.0. The fraction of sp³-hybridized carbons (Fsp3) is 0.250. The van der Waals surface area contributed by atoms with Crippen LogP contribution in [0.5, 0.6) is 23.0 Å². The maximum absolute atomic E-state index is 12.6. The molecule has 9 heteroatoms. The summed E-state index contributed by atoms with van der Waals surface area (Å²) < 4.78 is 23.1. The third-order valence-corrected chi connectivity index (χ3v) is 5.52. The number of nitrogens with zero attached hydrogens (tertiary/aromatic N) is 3. The van der Waals surface area contributed by atoms with Gasteiger partial charge in [0.25, 0.3) is 0 Å². The predicted molar refractivity (Wildman–Crippen MR) is 107 cm³/mol. The molecule has 0 radical (unpaired) electrons. The molecule has 0 unspecified atom stereocenters. The minimum Gasteiger partial charge on any atom is -0.493 e. The lowest BCUT2D eigenvalue weighted by molar-refractivity contribution is 0.102. The molecular formula is C20H19N3O5S. The second-order valence-corrected chi connectivity index (χ2v) is 7.16. The fourth-order valence-electron chi connectivity index (χ4n) is 2.95. The van der Waals surface area contributed by atoms with Crippen LogP contribution in [-0.2, 0) is 7.05 Å². The van der Waals surface area contributed by atoms with E-state index in [2.05, 4.69) is 10.2 Å². The Morgan fingerprint density at radius 1 is 1.07 bits per heavy atom. The van der Waals surface area contributed by atoms with Gasteiger partial charge in [0.1, 0.15) is 0 Å². The molecule has 0 N–H and O–H groups in total. The first-order valence-corrected chi connectivity index (χ1v) is 9.76. The highest BCUT2D eigenvalue weighted by molar-refractivity contribution is 7.99. The van der Waals surface area contributed by atoms with Crippen LogP contribution in [0, 0.1) is 0 Å². The molecule has 1 aliphatic rings. The quantitative estimate of drug-likeness (QED) is 0.431. The smallest absolute Gasteiger partial charge is 0.231 e. The molecule has 1 aliphatic heterocycles. The van der Waals surface area contributed by atoms with E-state index in [1.54, 1.807) is 25.3 Å².